The first-order valence-electron chi connectivity index (χ1n) is 14.1. The van der Waals surface area contributed by atoms with Crippen LogP contribution >= 0.6 is 0 Å². The molecule has 4 rings (SSSR count). The molecule has 0 saturated carbocycles. The molecule has 43 heavy (non-hydrogen) atoms. The van der Waals surface area contributed by atoms with Gasteiger partial charge in [0.15, 0.2) is 6.61 Å². The monoisotopic (exact) mass is 592 g/mol. The van der Waals surface area contributed by atoms with Crippen LogP contribution in [0.2, 0.25) is 0 Å². The molecule has 1 aromatic heterocycles. The van der Waals surface area contributed by atoms with E-state index in [2.05, 4.69) is 10.3 Å². The Morgan fingerprint density at radius 2 is 1.63 bits per heavy atom. The molecule has 1 fully saturated rings. The highest BCUT2D eigenvalue weighted by molar-refractivity contribution is 5.99. The molecule has 0 spiro atoms. The first kappa shape index (κ1) is 31.1. The molecule has 2 heterocycles. The number of rotatable bonds is 11. The Morgan fingerprint density at radius 3 is 2.35 bits per heavy atom. The third kappa shape index (κ3) is 8.12. The molecular formula is C31H36N4O8. The summed E-state index contributed by atoms with van der Waals surface area (Å²) in [6.45, 7) is 4.91. The van der Waals surface area contributed by atoms with Gasteiger partial charge >= 0.3 is 12.1 Å². The molecule has 3 aromatic rings. The molecule has 1 N–H and O–H groups in total. The number of piperazine rings is 1. The highest BCUT2D eigenvalue weighted by Crippen LogP contribution is 2.25. The van der Waals surface area contributed by atoms with Gasteiger partial charge in [-0.2, -0.15) is 0 Å². The minimum Gasteiger partial charge on any atom is -0.496 e. The Bertz CT molecular complexity index is 1450. The van der Waals surface area contributed by atoms with Gasteiger partial charge in [0.25, 0.3) is 5.91 Å². The number of amides is 3. The zero-order valence-electron chi connectivity index (χ0n) is 24.5. The summed E-state index contributed by atoms with van der Waals surface area (Å²) in [5.74, 6) is -0.426. The summed E-state index contributed by atoms with van der Waals surface area (Å²) >= 11 is 0. The van der Waals surface area contributed by atoms with Crippen LogP contribution in [0.25, 0.3) is 10.9 Å². The van der Waals surface area contributed by atoms with Crippen LogP contribution in [-0.4, -0.2) is 97.8 Å². The lowest BCUT2D eigenvalue weighted by Crippen LogP contribution is -2.56. The van der Waals surface area contributed by atoms with Crippen molar-refractivity contribution in [1.29, 1.82) is 0 Å². The van der Waals surface area contributed by atoms with Crippen molar-refractivity contribution in [2.45, 2.75) is 26.3 Å². The number of carbonyl (C=O) groups is 4. The van der Waals surface area contributed by atoms with Gasteiger partial charge in [-0.25, -0.2) is 14.6 Å². The molecule has 12 nitrogen and oxygen atoms in total. The third-order valence-electron chi connectivity index (χ3n) is 6.85. The summed E-state index contributed by atoms with van der Waals surface area (Å²) in [4.78, 5) is 58.9. The second-order valence-electron chi connectivity index (χ2n) is 9.71. The molecule has 0 aliphatic carbocycles. The lowest BCUT2D eigenvalue weighted by atomic mass is 10.0. The van der Waals surface area contributed by atoms with E-state index in [0.717, 1.165) is 5.39 Å². The number of nitrogens with zero attached hydrogens (tertiary/aromatic N) is 3. The van der Waals surface area contributed by atoms with Crippen LogP contribution in [0, 0.1) is 0 Å². The van der Waals surface area contributed by atoms with Gasteiger partial charge in [0, 0.05) is 44.1 Å². The van der Waals surface area contributed by atoms with E-state index in [0.29, 0.717) is 35.7 Å². The number of fused-ring (bicyclic) bond motifs is 1. The summed E-state index contributed by atoms with van der Waals surface area (Å²) in [7, 11) is 1.52. The molecule has 1 saturated heterocycles. The maximum absolute atomic E-state index is 13.8. The van der Waals surface area contributed by atoms with Crippen molar-refractivity contribution >= 4 is 34.8 Å². The van der Waals surface area contributed by atoms with Gasteiger partial charge < -0.3 is 34.1 Å². The van der Waals surface area contributed by atoms with E-state index in [-0.39, 0.29) is 50.9 Å². The van der Waals surface area contributed by atoms with Crippen LogP contribution in [0.1, 0.15) is 29.9 Å². The van der Waals surface area contributed by atoms with Crippen LogP contribution in [0.15, 0.2) is 54.6 Å². The smallest absolute Gasteiger partial charge is 0.409 e. The van der Waals surface area contributed by atoms with Crippen molar-refractivity contribution in [2.75, 3.05) is 53.1 Å². The Labute approximate surface area is 249 Å². The van der Waals surface area contributed by atoms with E-state index in [1.165, 1.54) is 7.11 Å². The Balaban J connectivity index is 1.55. The number of hydrogen-bond acceptors (Lipinski definition) is 9. The number of ether oxygens (including phenoxy) is 4. The predicted molar refractivity (Wildman–Crippen MR) is 157 cm³/mol. The number of hydrogen-bond donors (Lipinski definition) is 1. The number of methoxy groups -OCH3 is 1. The summed E-state index contributed by atoms with van der Waals surface area (Å²) in [6, 6.07) is 14.8. The van der Waals surface area contributed by atoms with Gasteiger partial charge in [0.1, 0.15) is 23.2 Å². The zero-order valence-corrected chi connectivity index (χ0v) is 24.5. The van der Waals surface area contributed by atoms with Crippen molar-refractivity contribution in [3.63, 3.8) is 0 Å². The summed E-state index contributed by atoms with van der Waals surface area (Å²) in [6.07, 6.45) is -0.278. The summed E-state index contributed by atoms with van der Waals surface area (Å²) < 4.78 is 21.0. The second kappa shape index (κ2) is 14.9. The molecule has 2 aromatic carbocycles. The number of aromatic nitrogens is 1. The first-order valence-corrected chi connectivity index (χ1v) is 14.1. The molecule has 3 amide bonds. The number of esters is 1. The van der Waals surface area contributed by atoms with E-state index in [4.69, 9.17) is 18.9 Å². The maximum atomic E-state index is 13.8. The number of benzene rings is 2. The molecule has 1 atom stereocenters. The van der Waals surface area contributed by atoms with Gasteiger partial charge in [-0.15, -0.1) is 0 Å². The number of nitrogens with one attached hydrogen (secondary N) is 1. The van der Waals surface area contributed by atoms with Crippen LogP contribution < -0.4 is 14.8 Å². The molecule has 1 aliphatic heterocycles. The molecule has 12 heteroatoms. The van der Waals surface area contributed by atoms with Crippen molar-refractivity contribution in [2.24, 2.45) is 0 Å². The minimum absolute atomic E-state index is 0.104. The quantitative estimate of drug-likeness (QED) is 0.333. The molecule has 1 aliphatic rings. The number of para-hydroxylation sites is 1. The second-order valence-corrected chi connectivity index (χ2v) is 9.71. The minimum atomic E-state index is -0.957. The van der Waals surface area contributed by atoms with Gasteiger partial charge in [0.2, 0.25) is 5.91 Å². The Hall–Kier alpha value is -4.87. The van der Waals surface area contributed by atoms with Gasteiger partial charge in [-0.05, 0) is 43.7 Å². The van der Waals surface area contributed by atoms with Gasteiger partial charge in [0.05, 0.1) is 25.8 Å². The van der Waals surface area contributed by atoms with Crippen molar-refractivity contribution in [3.8, 4) is 11.5 Å². The normalized spacial score (nSPS) is 13.7. The molecule has 0 radical (unpaired) electrons. The third-order valence-corrected chi connectivity index (χ3v) is 6.85. The van der Waals surface area contributed by atoms with E-state index in [9.17, 15) is 19.2 Å². The Kier molecular flexibility index (Phi) is 10.7. The van der Waals surface area contributed by atoms with E-state index < -0.39 is 24.0 Å². The first-order chi connectivity index (χ1) is 20.8. The lowest BCUT2D eigenvalue weighted by molar-refractivity contribution is -0.145. The maximum Gasteiger partial charge on any atom is 0.409 e. The van der Waals surface area contributed by atoms with Crippen LogP contribution in [0.4, 0.5) is 4.79 Å². The van der Waals surface area contributed by atoms with Crippen LogP contribution in [0.5, 0.6) is 11.5 Å². The predicted octanol–water partition coefficient (Wildman–Crippen LogP) is 2.83. The van der Waals surface area contributed by atoms with Gasteiger partial charge in [-0.3, -0.25) is 9.59 Å². The molecule has 228 valence electrons. The van der Waals surface area contributed by atoms with Gasteiger partial charge in [-0.1, -0.05) is 24.3 Å². The fraction of sp³-hybridized carbons (Fsp3) is 0.387. The SMILES string of the molecule is CCOC(=O)COc1cccc(CC(NC(=O)c2cc(OC)c3ccccc3n2)C(=O)N2CCN(C(=O)OCC)CC2)c1. The summed E-state index contributed by atoms with van der Waals surface area (Å²) in [5, 5.41) is 3.62. The van der Waals surface area contributed by atoms with Crippen LogP contribution in [-0.2, 0) is 25.5 Å². The fourth-order valence-corrected chi connectivity index (χ4v) is 4.75. The Morgan fingerprint density at radius 1 is 0.907 bits per heavy atom. The largest absolute Gasteiger partial charge is 0.496 e. The van der Waals surface area contributed by atoms with Crippen molar-refractivity contribution in [1.82, 2.24) is 20.1 Å². The standard InChI is InChI=1S/C31H36N4O8/c1-4-41-28(36)20-43-22-10-8-9-21(17-22)18-26(30(38)34-13-15-35(16-14-34)31(39)42-5-2)33-29(37)25-19-27(40-3)23-11-6-7-12-24(23)32-25/h6-12,17,19,26H,4-5,13-16,18,20H2,1-3H3,(H,33,37). The summed E-state index contributed by atoms with van der Waals surface area (Å²) in [5.41, 5.74) is 1.39. The average molecular weight is 593 g/mol. The zero-order chi connectivity index (χ0) is 30.8. The lowest BCUT2D eigenvalue weighted by Gasteiger charge is -2.36. The average Bonchev–Trinajstić information content (AvgIpc) is 3.03. The van der Waals surface area contributed by atoms with Crippen LogP contribution in [0.3, 0.4) is 0 Å². The van der Waals surface area contributed by atoms with E-state index >= 15 is 0 Å². The molecular weight excluding hydrogens is 556 g/mol. The van der Waals surface area contributed by atoms with Crippen molar-refractivity contribution < 1.29 is 38.1 Å². The molecule has 1 unspecified atom stereocenters. The topological polar surface area (TPSA) is 137 Å². The molecule has 0 bridgehead atoms. The highest BCUT2D eigenvalue weighted by atomic mass is 16.6. The number of carbonyl (C=O) groups excluding carboxylic acids is 4. The van der Waals surface area contributed by atoms with E-state index in [1.54, 1.807) is 60.0 Å². The highest BCUT2D eigenvalue weighted by Gasteiger charge is 2.31. The fourth-order valence-electron chi connectivity index (χ4n) is 4.75. The van der Waals surface area contributed by atoms with E-state index in [1.807, 2.05) is 18.2 Å². The number of pyridine rings is 1. The van der Waals surface area contributed by atoms with Crippen molar-refractivity contribution in [3.05, 3.63) is 65.9 Å².